The number of hydrogen-bond donors (Lipinski definition) is 1. The van der Waals surface area contributed by atoms with E-state index in [9.17, 15) is 0 Å². The first kappa shape index (κ1) is 15.0. The predicted molar refractivity (Wildman–Crippen MR) is 88.6 cm³/mol. The van der Waals surface area contributed by atoms with E-state index in [0.717, 1.165) is 13.0 Å². The molecule has 0 radical (unpaired) electrons. The van der Waals surface area contributed by atoms with Gasteiger partial charge in [0.05, 0.1) is 0 Å². The van der Waals surface area contributed by atoms with E-state index in [-0.39, 0.29) is 5.54 Å². The number of nitrogens with two attached hydrogens (primary N) is 1. The van der Waals surface area contributed by atoms with Gasteiger partial charge in [0.1, 0.15) is 0 Å². The summed E-state index contributed by atoms with van der Waals surface area (Å²) >= 11 is 0. The third kappa shape index (κ3) is 3.01. The van der Waals surface area contributed by atoms with Crippen molar-refractivity contribution in [3.8, 4) is 0 Å². The van der Waals surface area contributed by atoms with Crippen LogP contribution in [0.5, 0.6) is 0 Å². The van der Waals surface area contributed by atoms with Crippen molar-refractivity contribution in [1.82, 2.24) is 9.80 Å². The first-order valence-corrected chi connectivity index (χ1v) is 8.52. The van der Waals surface area contributed by atoms with Crippen molar-refractivity contribution < 1.29 is 0 Å². The molecule has 21 heavy (non-hydrogen) atoms. The first-order chi connectivity index (χ1) is 10.3. The molecule has 0 spiro atoms. The molecule has 2 N–H and O–H groups in total. The van der Waals surface area contributed by atoms with Crippen molar-refractivity contribution in [3.05, 3.63) is 35.4 Å². The Bertz CT molecular complexity index is 465. The van der Waals surface area contributed by atoms with Crippen LogP contribution in [-0.4, -0.2) is 54.6 Å². The quantitative estimate of drug-likeness (QED) is 0.918. The molecule has 1 fully saturated rings. The maximum absolute atomic E-state index is 6.26. The zero-order chi connectivity index (χ0) is 14.7. The van der Waals surface area contributed by atoms with Crippen LogP contribution in [0.15, 0.2) is 24.3 Å². The fraction of sp³-hybridized carbons (Fsp3) is 0.667. The number of piperazine rings is 1. The minimum absolute atomic E-state index is 0.201. The van der Waals surface area contributed by atoms with Crippen molar-refractivity contribution in [2.24, 2.45) is 5.73 Å². The summed E-state index contributed by atoms with van der Waals surface area (Å²) in [6, 6.07) is 8.92. The molecule has 1 heterocycles. The van der Waals surface area contributed by atoms with E-state index in [1.54, 1.807) is 0 Å². The maximum atomic E-state index is 6.26. The Labute approximate surface area is 129 Å². The van der Waals surface area contributed by atoms with Gasteiger partial charge < -0.3 is 10.6 Å². The lowest BCUT2D eigenvalue weighted by molar-refractivity contribution is 0.0272. The van der Waals surface area contributed by atoms with Crippen molar-refractivity contribution in [1.29, 1.82) is 0 Å². The summed E-state index contributed by atoms with van der Waals surface area (Å²) in [5.74, 6) is 0. The number of aryl methyl sites for hydroxylation is 1. The number of rotatable bonds is 4. The summed E-state index contributed by atoms with van der Waals surface area (Å²) in [7, 11) is 0. The van der Waals surface area contributed by atoms with Crippen molar-refractivity contribution in [3.63, 3.8) is 0 Å². The number of fused-ring (bicyclic) bond motifs is 1. The molecular weight excluding hydrogens is 258 g/mol. The Morgan fingerprint density at radius 2 is 1.81 bits per heavy atom. The lowest BCUT2D eigenvalue weighted by Crippen LogP contribution is -2.62. The second-order valence-electron chi connectivity index (χ2n) is 6.70. The van der Waals surface area contributed by atoms with Crippen LogP contribution >= 0.6 is 0 Å². The average molecular weight is 287 g/mol. The van der Waals surface area contributed by atoms with Gasteiger partial charge in [-0.2, -0.15) is 0 Å². The summed E-state index contributed by atoms with van der Waals surface area (Å²) in [6.07, 6.45) is 4.79. The van der Waals surface area contributed by atoms with Gasteiger partial charge in [0.15, 0.2) is 0 Å². The molecule has 1 aliphatic carbocycles. The molecule has 2 aliphatic rings. The summed E-state index contributed by atoms with van der Waals surface area (Å²) < 4.78 is 0. The van der Waals surface area contributed by atoms with Crippen LogP contribution in [0.25, 0.3) is 0 Å². The highest BCUT2D eigenvalue weighted by atomic mass is 15.3. The van der Waals surface area contributed by atoms with Gasteiger partial charge in [-0.3, -0.25) is 4.90 Å². The molecule has 0 bridgehead atoms. The van der Waals surface area contributed by atoms with Crippen LogP contribution < -0.4 is 5.73 Å². The van der Waals surface area contributed by atoms with E-state index in [0.29, 0.717) is 0 Å². The molecule has 3 heteroatoms. The topological polar surface area (TPSA) is 32.5 Å². The summed E-state index contributed by atoms with van der Waals surface area (Å²) in [5, 5.41) is 0. The van der Waals surface area contributed by atoms with E-state index in [2.05, 4.69) is 41.0 Å². The van der Waals surface area contributed by atoms with Crippen molar-refractivity contribution in [2.75, 3.05) is 39.3 Å². The molecule has 1 aromatic carbocycles. The van der Waals surface area contributed by atoms with Gasteiger partial charge >= 0.3 is 0 Å². The minimum atomic E-state index is 0.201. The molecule has 1 aliphatic heterocycles. The summed E-state index contributed by atoms with van der Waals surface area (Å²) in [6.45, 7) is 9.07. The van der Waals surface area contributed by atoms with E-state index in [1.807, 2.05) is 0 Å². The van der Waals surface area contributed by atoms with Crippen molar-refractivity contribution in [2.45, 2.75) is 38.1 Å². The van der Waals surface area contributed by atoms with Crippen LogP contribution in [0.2, 0.25) is 0 Å². The standard InChI is InChI=1S/C18H29N3/c1-2-9-20-10-12-21(13-11-20)18(15-19)8-7-16-5-3-4-6-17(16)14-18/h3-6H,2,7-15,19H2,1H3. The zero-order valence-corrected chi connectivity index (χ0v) is 13.4. The first-order valence-electron chi connectivity index (χ1n) is 8.52. The predicted octanol–water partition coefficient (Wildman–Crippen LogP) is 1.90. The Hall–Kier alpha value is -0.900. The Morgan fingerprint density at radius 3 is 2.48 bits per heavy atom. The zero-order valence-electron chi connectivity index (χ0n) is 13.4. The van der Waals surface area contributed by atoms with Crippen LogP contribution in [0.3, 0.4) is 0 Å². The summed E-state index contributed by atoms with van der Waals surface area (Å²) in [4.78, 5) is 5.28. The maximum Gasteiger partial charge on any atom is 0.0376 e. The molecule has 1 unspecified atom stereocenters. The van der Waals surface area contributed by atoms with Crippen LogP contribution in [0.1, 0.15) is 30.9 Å². The number of hydrogen-bond acceptors (Lipinski definition) is 3. The average Bonchev–Trinajstić information content (AvgIpc) is 2.55. The van der Waals surface area contributed by atoms with Gasteiger partial charge in [-0.15, -0.1) is 0 Å². The molecule has 1 aromatic rings. The van der Waals surface area contributed by atoms with Gasteiger partial charge in [0.25, 0.3) is 0 Å². The second-order valence-corrected chi connectivity index (χ2v) is 6.70. The minimum Gasteiger partial charge on any atom is -0.329 e. The van der Waals surface area contributed by atoms with Gasteiger partial charge in [0, 0.05) is 38.3 Å². The molecule has 0 aromatic heterocycles. The van der Waals surface area contributed by atoms with Gasteiger partial charge in [-0.25, -0.2) is 0 Å². The SMILES string of the molecule is CCCN1CCN(C2(CN)CCc3ccccc3C2)CC1. The third-order valence-electron chi connectivity index (χ3n) is 5.46. The highest BCUT2D eigenvalue weighted by Crippen LogP contribution is 2.33. The fourth-order valence-electron chi connectivity index (χ4n) is 4.12. The van der Waals surface area contributed by atoms with E-state index < -0.39 is 0 Å². The number of nitrogens with zero attached hydrogens (tertiary/aromatic N) is 2. The number of benzene rings is 1. The molecule has 0 amide bonds. The molecule has 1 saturated heterocycles. The third-order valence-corrected chi connectivity index (χ3v) is 5.46. The Balaban J connectivity index is 1.71. The monoisotopic (exact) mass is 287 g/mol. The molecular formula is C18H29N3. The fourth-order valence-corrected chi connectivity index (χ4v) is 4.12. The van der Waals surface area contributed by atoms with Crippen LogP contribution in [0.4, 0.5) is 0 Å². The van der Waals surface area contributed by atoms with Gasteiger partial charge in [0.2, 0.25) is 0 Å². The van der Waals surface area contributed by atoms with Gasteiger partial charge in [-0.1, -0.05) is 31.2 Å². The summed E-state index contributed by atoms with van der Waals surface area (Å²) in [5.41, 5.74) is 9.52. The molecule has 3 rings (SSSR count). The van der Waals surface area contributed by atoms with Crippen LogP contribution in [0, 0.1) is 0 Å². The van der Waals surface area contributed by atoms with E-state index in [4.69, 9.17) is 5.73 Å². The second kappa shape index (κ2) is 6.47. The van der Waals surface area contributed by atoms with Crippen LogP contribution in [-0.2, 0) is 12.8 Å². The molecule has 1 atom stereocenters. The Morgan fingerprint density at radius 1 is 1.10 bits per heavy atom. The lowest BCUT2D eigenvalue weighted by atomic mass is 9.76. The molecule has 3 nitrogen and oxygen atoms in total. The molecule has 116 valence electrons. The highest BCUT2D eigenvalue weighted by Gasteiger charge is 2.39. The highest BCUT2D eigenvalue weighted by molar-refractivity contribution is 5.32. The largest absolute Gasteiger partial charge is 0.329 e. The van der Waals surface area contributed by atoms with Gasteiger partial charge in [-0.05, 0) is 43.4 Å². The van der Waals surface area contributed by atoms with Crippen molar-refractivity contribution >= 4 is 0 Å². The van der Waals surface area contributed by atoms with E-state index in [1.165, 1.54) is 63.1 Å². The van der Waals surface area contributed by atoms with E-state index >= 15 is 0 Å². The normalized spacial score (nSPS) is 27.5. The Kier molecular flexibility index (Phi) is 4.63. The molecule has 0 saturated carbocycles. The lowest BCUT2D eigenvalue weighted by Gasteiger charge is -2.49. The smallest absolute Gasteiger partial charge is 0.0376 e.